The maximum atomic E-state index is 12.8. The summed E-state index contributed by atoms with van der Waals surface area (Å²) < 4.78 is 47.3. The molecule has 0 aromatic heterocycles. The molecule has 2 aliphatic rings. The third kappa shape index (κ3) is 4.95. The van der Waals surface area contributed by atoms with E-state index >= 15 is 0 Å². The Labute approximate surface area is 178 Å². The van der Waals surface area contributed by atoms with Gasteiger partial charge in [0.05, 0.1) is 5.60 Å². The van der Waals surface area contributed by atoms with E-state index in [9.17, 15) is 23.1 Å². The number of carbonyl (C=O) groups is 1. The number of halogens is 3. The van der Waals surface area contributed by atoms with Crippen molar-refractivity contribution in [3.05, 3.63) is 65.7 Å². The molecule has 2 saturated heterocycles. The molecule has 0 aliphatic carbocycles. The van der Waals surface area contributed by atoms with Crippen molar-refractivity contribution in [2.45, 2.75) is 62.8 Å². The van der Waals surface area contributed by atoms with Crippen LogP contribution in [0.5, 0.6) is 5.75 Å². The zero-order valence-electron chi connectivity index (χ0n) is 16.8. The lowest BCUT2D eigenvalue weighted by molar-refractivity contribution is -0.274. The van der Waals surface area contributed by atoms with Crippen LogP contribution in [-0.4, -0.2) is 34.5 Å². The molecule has 0 saturated carbocycles. The van der Waals surface area contributed by atoms with Gasteiger partial charge in [0.1, 0.15) is 12.4 Å². The number of ether oxygens (including phenoxy) is 2. The molecule has 8 heteroatoms. The van der Waals surface area contributed by atoms with Crippen LogP contribution in [-0.2, 0) is 16.9 Å². The predicted octanol–water partition coefficient (Wildman–Crippen LogP) is 5.13. The second-order valence-electron chi connectivity index (χ2n) is 8.20. The summed E-state index contributed by atoms with van der Waals surface area (Å²) in [4.78, 5) is 14.5. The highest BCUT2D eigenvalue weighted by Gasteiger charge is 2.48. The van der Waals surface area contributed by atoms with Crippen molar-refractivity contribution in [2.75, 3.05) is 0 Å². The van der Waals surface area contributed by atoms with Crippen LogP contribution in [0.4, 0.5) is 18.0 Å². The van der Waals surface area contributed by atoms with Crippen molar-refractivity contribution >= 4 is 6.09 Å². The predicted molar refractivity (Wildman–Crippen MR) is 106 cm³/mol. The van der Waals surface area contributed by atoms with Crippen LogP contribution in [0, 0.1) is 0 Å². The molecular formula is C23H24F3NO4. The minimum atomic E-state index is -4.80. The van der Waals surface area contributed by atoms with Gasteiger partial charge in [-0.05, 0) is 42.5 Å². The molecule has 0 radical (unpaired) electrons. The number of rotatable bonds is 4. The van der Waals surface area contributed by atoms with E-state index in [-0.39, 0.29) is 37.3 Å². The molecule has 2 atom stereocenters. The average Bonchev–Trinajstić information content (AvgIpc) is 2.71. The maximum Gasteiger partial charge on any atom is 0.573 e. The van der Waals surface area contributed by atoms with Gasteiger partial charge in [0.2, 0.25) is 0 Å². The van der Waals surface area contributed by atoms with E-state index in [1.54, 1.807) is 11.0 Å². The molecule has 2 unspecified atom stereocenters. The van der Waals surface area contributed by atoms with Crippen molar-refractivity contribution < 1.29 is 32.5 Å². The third-order valence-electron chi connectivity index (χ3n) is 6.03. The Kier molecular flexibility index (Phi) is 5.83. The Hall–Kier alpha value is -2.74. The summed E-state index contributed by atoms with van der Waals surface area (Å²) in [5.74, 6) is -0.367. The van der Waals surface area contributed by atoms with E-state index in [1.807, 2.05) is 30.3 Å². The second-order valence-corrected chi connectivity index (χ2v) is 8.20. The minimum Gasteiger partial charge on any atom is -0.445 e. The van der Waals surface area contributed by atoms with Crippen molar-refractivity contribution in [3.8, 4) is 5.75 Å². The van der Waals surface area contributed by atoms with Gasteiger partial charge in [-0.25, -0.2) is 4.79 Å². The number of hydrogen-bond acceptors (Lipinski definition) is 4. The van der Waals surface area contributed by atoms with E-state index in [2.05, 4.69) is 4.74 Å². The van der Waals surface area contributed by atoms with Gasteiger partial charge in [0.25, 0.3) is 0 Å². The molecule has 2 aromatic rings. The molecule has 166 valence electrons. The first kappa shape index (κ1) is 21.5. The second kappa shape index (κ2) is 8.42. The molecule has 1 amide bonds. The van der Waals surface area contributed by atoms with E-state index in [1.165, 1.54) is 18.2 Å². The zero-order chi connectivity index (χ0) is 22.1. The van der Waals surface area contributed by atoms with E-state index in [0.29, 0.717) is 18.4 Å². The Morgan fingerprint density at radius 2 is 1.74 bits per heavy atom. The highest BCUT2D eigenvalue weighted by atomic mass is 19.4. The lowest BCUT2D eigenvalue weighted by Gasteiger charge is -2.51. The van der Waals surface area contributed by atoms with E-state index < -0.39 is 18.1 Å². The number of benzene rings is 2. The topological polar surface area (TPSA) is 59.0 Å². The largest absolute Gasteiger partial charge is 0.573 e. The molecule has 4 rings (SSSR count). The third-order valence-corrected chi connectivity index (χ3v) is 6.03. The fraction of sp³-hybridized carbons (Fsp3) is 0.435. The number of amides is 1. The average molecular weight is 435 g/mol. The first-order valence-corrected chi connectivity index (χ1v) is 10.3. The fourth-order valence-corrected chi connectivity index (χ4v) is 4.74. The Balaban J connectivity index is 1.49. The van der Waals surface area contributed by atoms with Gasteiger partial charge in [0.15, 0.2) is 0 Å². The molecule has 31 heavy (non-hydrogen) atoms. The van der Waals surface area contributed by atoms with Gasteiger partial charge in [-0.15, -0.1) is 13.2 Å². The summed E-state index contributed by atoms with van der Waals surface area (Å²) in [7, 11) is 0. The molecule has 2 bridgehead atoms. The normalized spacial score (nSPS) is 25.7. The van der Waals surface area contributed by atoms with Crippen molar-refractivity contribution in [1.29, 1.82) is 0 Å². The van der Waals surface area contributed by atoms with E-state index in [0.717, 1.165) is 12.0 Å². The molecule has 5 nitrogen and oxygen atoms in total. The van der Waals surface area contributed by atoms with Crippen molar-refractivity contribution in [3.63, 3.8) is 0 Å². The van der Waals surface area contributed by atoms with Gasteiger partial charge in [0, 0.05) is 24.9 Å². The number of carbonyl (C=O) groups excluding carboxylic acids is 1. The summed E-state index contributed by atoms with van der Waals surface area (Å²) in [5.41, 5.74) is -0.0869. The first-order valence-electron chi connectivity index (χ1n) is 10.3. The lowest BCUT2D eigenvalue weighted by atomic mass is 9.72. The number of piperidine rings is 2. The van der Waals surface area contributed by atoms with Crippen LogP contribution in [0.3, 0.4) is 0 Å². The number of nitrogens with zero attached hydrogens (tertiary/aromatic N) is 1. The standard InChI is InChI=1S/C23H24F3NO4/c24-23(25,26)31-20-11-4-8-17(12-20)22(29)13-18-9-5-10-19(14-22)27(18)21(28)30-15-16-6-2-1-3-7-16/h1-4,6-8,11-12,18-19,29H,5,9-10,13-15H2. The Morgan fingerprint density at radius 3 is 2.39 bits per heavy atom. The minimum absolute atomic E-state index is 0.163. The summed E-state index contributed by atoms with van der Waals surface area (Å²) in [6, 6.07) is 14.4. The molecule has 2 aliphatic heterocycles. The molecule has 1 N–H and O–H groups in total. The SMILES string of the molecule is O=C(OCc1ccccc1)N1C2CCCC1CC(O)(c1cccc(OC(F)(F)F)c1)C2. The molecule has 0 spiro atoms. The van der Waals surface area contributed by atoms with Gasteiger partial charge >= 0.3 is 12.5 Å². The van der Waals surface area contributed by atoms with E-state index in [4.69, 9.17) is 4.74 Å². The van der Waals surface area contributed by atoms with Gasteiger partial charge in [-0.2, -0.15) is 0 Å². The molecule has 2 heterocycles. The number of alkyl halides is 3. The monoisotopic (exact) mass is 435 g/mol. The highest BCUT2D eigenvalue weighted by molar-refractivity contribution is 5.69. The number of aliphatic hydroxyl groups is 1. The molecule has 2 fully saturated rings. The molecule has 2 aromatic carbocycles. The lowest BCUT2D eigenvalue weighted by Crippen LogP contribution is -2.58. The Morgan fingerprint density at radius 1 is 1.06 bits per heavy atom. The zero-order valence-corrected chi connectivity index (χ0v) is 16.8. The van der Waals surface area contributed by atoms with Crippen LogP contribution < -0.4 is 4.74 Å². The summed E-state index contributed by atoms with van der Waals surface area (Å²) in [5, 5.41) is 11.4. The van der Waals surface area contributed by atoms with Crippen LogP contribution in [0.1, 0.15) is 43.2 Å². The summed E-state index contributed by atoms with van der Waals surface area (Å²) in [6.45, 7) is 0.163. The van der Waals surface area contributed by atoms with Crippen LogP contribution in [0.2, 0.25) is 0 Å². The Bertz CT molecular complexity index is 905. The smallest absolute Gasteiger partial charge is 0.445 e. The van der Waals surface area contributed by atoms with Gasteiger partial charge in [-0.3, -0.25) is 0 Å². The van der Waals surface area contributed by atoms with Crippen molar-refractivity contribution in [1.82, 2.24) is 4.90 Å². The quantitative estimate of drug-likeness (QED) is 0.724. The number of fused-ring (bicyclic) bond motifs is 2. The fourth-order valence-electron chi connectivity index (χ4n) is 4.74. The summed E-state index contributed by atoms with van der Waals surface area (Å²) >= 11 is 0. The van der Waals surface area contributed by atoms with Crippen LogP contribution in [0.25, 0.3) is 0 Å². The van der Waals surface area contributed by atoms with Gasteiger partial charge in [-0.1, -0.05) is 42.5 Å². The molecular weight excluding hydrogens is 411 g/mol. The summed E-state index contributed by atoms with van der Waals surface area (Å²) in [6.07, 6.45) is -2.42. The number of hydrogen-bond donors (Lipinski definition) is 1. The maximum absolute atomic E-state index is 12.8. The van der Waals surface area contributed by atoms with Crippen LogP contribution >= 0.6 is 0 Å². The highest BCUT2D eigenvalue weighted by Crippen LogP contribution is 2.45. The first-order chi connectivity index (χ1) is 14.7. The van der Waals surface area contributed by atoms with Crippen LogP contribution in [0.15, 0.2) is 54.6 Å². The van der Waals surface area contributed by atoms with Gasteiger partial charge < -0.3 is 19.5 Å². The van der Waals surface area contributed by atoms with Crippen molar-refractivity contribution in [2.24, 2.45) is 0 Å².